The summed E-state index contributed by atoms with van der Waals surface area (Å²) in [7, 11) is 0. The molecule has 0 fully saturated rings. The second kappa shape index (κ2) is 6.78. The first-order valence-electron chi connectivity index (χ1n) is 7.41. The number of rotatable bonds is 4. The number of anilines is 2. The van der Waals surface area contributed by atoms with Gasteiger partial charge in [-0.25, -0.2) is 4.68 Å². The molecule has 0 aliphatic heterocycles. The smallest absolute Gasteiger partial charge is 0.255 e. The van der Waals surface area contributed by atoms with Crippen molar-refractivity contribution < 1.29 is 9.59 Å². The molecule has 2 amide bonds. The van der Waals surface area contributed by atoms with Gasteiger partial charge in [-0.3, -0.25) is 9.59 Å². The summed E-state index contributed by atoms with van der Waals surface area (Å²) in [5, 5.41) is 9.64. The van der Waals surface area contributed by atoms with E-state index in [2.05, 4.69) is 15.7 Å². The lowest BCUT2D eigenvalue weighted by atomic mass is 10.1. The molecule has 0 unspecified atom stereocenters. The van der Waals surface area contributed by atoms with E-state index in [0.29, 0.717) is 16.9 Å². The summed E-state index contributed by atoms with van der Waals surface area (Å²) in [6, 6.07) is 16.0. The lowest BCUT2D eigenvalue weighted by Crippen LogP contribution is -2.13. The molecule has 0 saturated carbocycles. The van der Waals surface area contributed by atoms with Crippen LogP contribution in [0.3, 0.4) is 0 Å². The van der Waals surface area contributed by atoms with Crippen LogP contribution in [0.5, 0.6) is 0 Å². The summed E-state index contributed by atoms with van der Waals surface area (Å²) in [5.74, 6) is -0.421. The van der Waals surface area contributed by atoms with Crippen molar-refractivity contribution in [3.8, 4) is 5.69 Å². The molecular formula is C18H16N4O2. The maximum Gasteiger partial charge on any atom is 0.255 e. The largest absolute Gasteiger partial charge is 0.326 e. The third-order valence-corrected chi connectivity index (χ3v) is 3.34. The fourth-order valence-electron chi connectivity index (χ4n) is 2.26. The lowest BCUT2D eigenvalue weighted by Gasteiger charge is -2.08. The minimum absolute atomic E-state index is 0.179. The van der Waals surface area contributed by atoms with E-state index in [1.807, 2.05) is 36.5 Å². The van der Waals surface area contributed by atoms with Crippen molar-refractivity contribution in [2.24, 2.45) is 0 Å². The Morgan fingerprint density at radius 3 is 2.42 bits per heavy atom. The predicted molar refractivity (Wildman–Crippen MR) is 92.3 cm³/mol. The van der Waals surface area contributed by atoms with Crippen LogP contribution in [0.4, 0.5) is 11.4 Å². The Kier molecular flexibility index (Phi) is 4.38. The molecule has 0 aliphatic rings. The van der Waals surface area contributed by atoms with Gasteiger partial charge in [0.15, 0.2) is 0 Å². The zero-order chi connectivity index (χ0) is 16.9. The van der Waals surface area contributed by atoms with Gasteiger partial charge in [0.1, 0.15) is 0 Å². The van der Waals surface area contributed by atoms with Crippen LogP contribution in [0.15, 0.2) is 67.0 Å². The minimum Gasteiger partial charge on any atom is -0.326 e. The third kappa shape index (κ3) is 3.67. The molecule has 24 heavy (non-hydrogen) atoms. The highest BCUT2D eigenvalue weighted by Gasteiger charge is 2.07. The minimum atomic E-state index is -0.242. The van der Waals surface area contributed by atoms with E-state index >= 15 is 0 Å². The number of carbonyl (C=O) groups excluding carboxylic acids is 2. The van der Waals surface area contributed by atoms with E-state index in [-0.39, 0.29) is 11.8 Å². The summed E-state index contributed by atoms with van der Waals surface area (Å²) >= 11 is 0. The molecule has 3 rings (SSSR count). The van der Waals surface area contributed by atoms with E-state index in [1.165, 1.54) is 6.92 Å². The van der Waals surface area contributed by atoms with Crippen LogP contribution in [-0.4, -0.2) is 21.6 Å². The van der Waals surface area contributed by atoms with Gasteiger partial charge in [-0.1, -0.05) is 6.07 Å². The molecule has 2 N–H and O–H groups in total. The van der Waals surface area contributed by atoms with Crippen LogP contribution in [0.25, 0.3) is 5.69 Å². The van der Waals surface area contributed by atoms with Crippen molar-refractivity contribution in [3.05, 3.63) is 72.6 Å². The second-order valence-electron chi connectivity index (χ2n) is 5.21. The van der Waals surface area contributed by atoms with E-state index in [1.54, 1.807) is 35.1 Å². The third-order valence-electron chi connectivity index (χ3n) is 3.34. The van der Waals surface area contributed by atoms with Gasteiger partial charge in [-0.2, -0.15) is 5.10 Å². The molecule has 6 nitrogen and oxygen atoms in total. The van der Waals surface area contributed by atoms with Crippen molar-refractivity contribution in [1.82, 2.24) is 9.78 Å². The SMILES string of the molecule is CC(=O)Nc1cccc(C(=O)Nc2ccc(-n3cccn3)cc2)c1. The number of hydrogen-bond acceptors (Lipinski definition) is 3. The van der Waals surface area contributed by atoms with Gasteiger partial charge in [0.2, 0.25) is 5.91 Å². The molecule has 6 heteroatoms. The first kappa shape index (κ1) is 15.5. The summed E-state index contributed by atoms with van der Waals surface area (Å²) in [4.78, 5) is 23.4. The maximum absolute atomic E-state index is 12.3. The topological polar surface area (TPSA) is 76.0 Å². The van der Waals surface area contributed by atoms with Crippen LogP contribution in [0.1, 0.15) is 17.3 Å². The molecule has 0 bridgehead atoms. The lowest BCUT2D eigenvalue weighted by molar-refractivity contribution is -0.114. The van der Waals surface area contributed by atoms with Crippen molar-refractivity contribution in [2.75, 3.05) is 10.6 Å². The Labute approximate surface area is 139 Å². The molecule has 1 aromatic heterocycles. The first-order chi connectivity index (χ1) is 11.6. The van der Waals surface area contributed by atoms with E-state index in [4.69, 9.17) is 0 Å². The Hall–Kier alpha value is -3.41. The Morgan fingerprint density at radius 1 is 0.958 bits per heavy atom. The maximum atomic E-state index is 12.3. The van der Waals surface area contributed by atoms with Gasteiger partial charge in [0, 0.05) is 36.3 Å². The zero-order valence-corrected chi connectivity index (χ0v) is 13.1. The molecule has 0 aliphatic carbocycles. The molecule has 3 aromatic rings. The van der Waals surface area contributed by atoms with Crippen LogP contribution in [0.2, 0.25) is 0 Å². The Bertz CT molecular complexity index is 855. The van der Waals surface area contributed by atoms with Crippen LogP contribution in [-0.2, 0) is 4.79 Å². The van der Waals surface area contributed by atoms with Crippen molar-refractivity contribution in [2.45, 2.75) is 6.92 Å². The average Bonchev–Trinajstić information content (AvgIpc) is 3.09. The van der Waals surface area contributed by atoms with Gasteiger partial charge in [-0.05, 0) is 48.5 Å². The van der Waals surface area contributed by atoms with Gasteiger partial charge in [0.05, 0.1) is 5.69 Å². The predicted octanol–water partition coefficient (Wildman–Crippen LogP) is 3.08. The number of aromatic nitrogens is 2. The molecule has 2 aromatic carbocycles. The molecule has 0 atom stereocenters. The van der Waals surface area contributed by atoms with E-state index in [9.17, 15) is 9.59 Å². The number of carbonyl (C=O) groups is 2. The molecule has 0 saturated heterocycles. The normalized spacial score (nSPS) is 10.2. The second-order valence-corrected chi connectivity index (χ2v) is 5.21. The quantitative estimate of drug-likeness (QED) is 0.775. The van der Waals surface area contributed by atoms with Gasteiger partial charge < -0.3 is 10.6 Å². The molecule has 120 valence electrons. The molecule has 0 spiro atoms. The van der Waals surface area contributed by atoms with Crippen LogP contribution >= 0.6 is 0 Å². The fraction of sp³-hybridized carbons (Fsp3) is 0.0556. The first-order valence-corrected chi connectivity index (χ1v) is 7.41. The molecule has 0 radical (unpaired) electrons. The highest BCUT2D eigenvalue weighted by atomic mass is 16.2. The monoisotopic (exact) mass is 320 g/mol. The number of nitrogens with one attached hydrogen (secondary N) is 2. The average molecular weight is 320 g/mol. The Balaban J connectivity index is 1.71. The summed E-state index contributed by atoms with van der Waals surface area (Å²) in [5.41, 5.74) is 2.65. The number of nitrogens with zero attached hydrogens (tertiary/aromatic N) is 2. The number of amides is 2. The van der Waals surface area contributed by atoms with Crippen molar-refractivity contribution >= 4 is 23.2 Å². The van der Waals surface area contributed by atoms with Crippen molar-refractivity contribution in [1.29, 1.82) is 0 Å². The van der Waals surface area contributed by atoms with Crippen molar-refractivity contribution in [3.63, 3.8) is 0 Å². The fourth-order valence-corrected chi connectivity index (χ4v) is 2.26. The molecule has 1 heterocycles. The zero-order valence-electron chi connectivity index (χ0n) is 13.1. The molecular weight excluding hydrogens is 304 g/mol. The number of hydrogen-bond donors (Lipinski definition) is 2. The van der Waals surface area contributed by atoms with Gasteiger partial charge in [-0.15, -0.1) is 0 Å². The summed E-state index contributed by atoms with van der Waals surface area (Å²) in [6.07, 6.45) is 3.55. The van der Waals surface area contributed by atoms with Crippen LogP contribution in [0, 0.1) is 0 Å². The summed E-state index contributed by atoms with van der Waals surface area (Å²) < 4.78 is 1.74. The Morgan fingerprint density at radius 2 is 1.75 bits per heavy atom. The highest BCUT2D eigenvalue weighted by molar-refractivity contribution is 6.05. The standard InChI is InChI=1S/C18H16N4O2/c1-13(23)20-16-5-2-4-14(12-16)18(24)21-15-6-8-17(9-7-15)22-11-3-10-19-22/h2-12H,1H3,(H,20,23)(H,21,24). The van der Waals surface area contributed by atoms with E-state index < -0.39 is 0 Å². The van der Waals surface area contributed by atoms with Crippen LogP contribution < -0.4 is 10.6 Å². The van der Waals surface area contributed by atoms with E-state index in [0.717, 1.165) is 5.69 Å². The van der Waals surface area contributed by atoms with Gasteiger partial charge in [0.25, 0.3) is 5.91 Å². The summed E-state index contributed by atoms with van der Waals surface area (Å²) in [6.45, 7) is 1.42. The number of benzene rings is 2. The van der Waals surface area contributed by atoms with Gasteiger partial charge >= 0.3 is 0 Å². The highest BCUT2D eigenvalue weighted by Crippen LogP contribution is 2.15.